The van der Waals surface area contributed by atoms with E-state index in [2.05, 4.69) is 21.2 Å². The monoisotopic (exact) mass is 474 g/mol. The van der Waals surface area contributed by atoms with Gasteiger partial charge < -0.3 is 5.32 Å². The van der Waals surface area contributed by atoms with Gasteiger partial charge in [-0.05, 0) is 36.4 Å². The van der Waals surface area contributed by atoms with Crippen LogP contribution in [0.5, 0.6) is 0 Å². The van der Waals surface area contributed by atoms with Crippen molar-refractivity contribution in [2.24, 2.45) is 0 Å². The fourth-order valence-corrected chi connectivity index (χ4v) is 4.77. The maximum atomic E-state index is 12.4. The van der Waals surface area contributed by atoms with Crippen LogP contribution in [0.1, 0.15) is 0 Å². The Morgan fingerprint density at radius 1 is 0.963 bits per heavy atom. The van der Waals surface area contributed by atoms with E-state index < -0.39 is 32.3 Å². The molecular formula is C17H19BrN2O5S2. The summed E-state index contributed by atoms with van der Waals surface area (Å²) in [7, 11) is -6.04. The van der Waals surface area contributed by atoms with Crippen molar-refractivity contribution >= 4 is 41.7 Å². The van der Waals surface area contributed by atoms with Crippen LogP contribution in [-0.4, -0.2) is 52.9 Å². The van der Waals surface area contributed by atoms with Gasteiger partial charge in [-0.25, -0.2) is 16.8 Å². The van der Waals surface area contributed by atoms with E-state index in [-0.39, 0.29) is 22.1 Å². The predicted molar refractivity (Wildman–Crippen MR) is 105 cm³/mol. The van der Waals surface area contributed by atoms with Crippen LogP contribution in [0.2, 0.25) is 0 Å². The zero-order valence-corrected chi connectivity index (χ0v) is 17.7. The summed E-state index contributed by atoms with van der Waals surface area (Å²) in [4.78, 5) is 12.2. The van der Waals surface area contributed by atoms with E-state index in [1.54, 1.807) is 30.3 Å². The van der Waals surface area contributed by atoms with Gasteiger partial charge in [0.05, 0.1) is 22.1 Å². The van der Waals surface area contributed by atoms with E-state index in [1.165, 1.54) is 31.3 Å². The Balaban J connectivity index is 1.91. The third-order valence-corrected chi connectivity index (χ3v) is 7.76. The molecule has 2 aromatic carbocycles. The first-order valence-electron chi connectivity index (χ1n) is 7.89. The predicted octanol–water partition coefficient (Wildman–Crippen LogP) is 1.66. The first-order valence-corrected chi connectivity index (χ1v) is 11.8. The summed E-state index contributed by atoms with van der Waals surface area (Å²) in [6, 6.07) is 14.0. The molecule has 0 saturated carbocycles. The highest BCUT2D eigenvalue weighted by atomic mass is 79.9. The van der Waals surface area contributed by atoms with Gasteiger partial charge in [0.15, 0.2) is 9.84 Å². The van der Waals surface area contributed by atoms with Crippen molar-refractivity contribution in [3.05, 3.63) is 59.1 Å². The molecule has 0 heterocycles. The summed E-state index contributed by atoms with van der Waals surface area (Å²) >= 11 is 3.23. The lowest BCUT2D eigenvalue weighted by Crippen LogP contribution is -2.39. The Morgan fingerprint density at radius 2 is 1.56 bits per heavy atom. The average molecular weight is 475 g/mol. The molecule has 0 unspecified atom stereocenters. The number of nitrogens with one attached hydrogen (secondary N) is 1. The molecule has 27 heavy (non-hydrogen) atoms. The maximum absolute atomic E-state index is 12.4. The third-order valence-electron chi connectivity index (χ3n) is 3.68. The number of amides is 1. The summed E-state index contributed by atoms with van der Waals surface area (Å²) in [6.45, 7) is -0.522. The summed E-state index contributed by atoms with van der Waals surface area (Å²) in [5.41, 5.74) is 0. The van der Waals surface area contributed by atoms with Crippen LogP contribution in [0.3, 0.4) is 0 Å². The second-order valence-electron chi connectivity index (χ2n) is 5.70. The molecule has 2 aromatic rings. The standard InChI is InChI=1S/C17H19BrN2O5S2/c1-20(27(24,25)16-9-7-14(18)8-10-16)13-17(21)19-11-12-26(22,23)15-5-3-2-4-6-15/h2-10H,11-13H2,1H3,(H,19,21). The number of sulfone groups is 1. The molecule has 0 aliphatic carbocycles. The quantitative estimate of drug-likeness (QED) is 0.626. The van der Waals surface area contributed by atoms with Crippen LogP contribution >= 0.6 is 15.9 Å². The van der Waals surface area contributed by atoms with Crippen LogP contribution in [0, 0.1) is 0 Å². The number of benzene rings is 2. The molecule has 0 spiro atoms. The Hall–Kier alpha value is -1.75. The molecule has 0 radical (unpaired) electrons. The molecule has 146 valence electrons. The Morgan fingerprint density at radius 3 is 2.15 bits per heavy atom. The lowest BCUT2D eigenvalue weighted by molar-refractivity contribution is -0.121. The lowest BCUT2D eigenvalue weighted by atomic mass is 10.4. The number of nitrogens with zero attached hydrogens (tertiary/aromatic N) is 1. The van der Waals surface area contributed by atoms with Gasteiger partial charge in [0, 0.05) is 18.1 Å². The van der Waals surface area contributed by atoms with Crippen molar-refractivity contribution in [2.75, 3.05) is 25.9 Å². The molecule has 1 amide bonds. The van der Waals surface area contributed by atoms with Crippen LogP contribution in [-0.2, 0) is 24.7 Å². The van der Waals surface area contributed by atoms with Crippen molar-refractivity contribution in [2.45, 2.75) is 9.79 Å². The van der Waals surface area contributed by atoms with E-state index in [9.17, 15) is 21.6 Å². The summed E-state index contributed by atoms with van der Waals surface area (Å²) in [5.74, 6) is -0.854. The number of hydrogen-bond acceptors (Lipinski definition) is 5. The number of carbonyl (C=O) groups excluding carboxylic acids is 1. The minimum Gasteiger partial charge on any atom is -0.354 e. The van der Waals surface area contributed by atoms with Crippen molar-refractivity contribution in [3.8, 4) is 0 Å². The minimum atomic E-state index is -3.81. The third kappa shape index (κ3) is 5.86. The minimum absolute atomic E-state index is 0.0626. The zero-order valence-electron chi connectivity index (χ0n) is 14.5. The fourth-order valence-electron chi connectivity index (χ4n) is 2.20. The molecule has 0 atom stereocenters. The molecule has 0 saturated heterocycles. The zero-order chi connectivity index (χ0) is 20.1. The molecule has 10 heteroatoms. The highest BCUT2D eigenvalue weighted by Crippen LogP contribution is 2.17. The van der Waals surface area contributed by atoms with Crippen molar-refractivity contribution in [3.63, 3.8) is 0 Å². The van der Waals surface area contributed by atoms with Gasteiger partial charge >= 0.3 is 0 Å². The summed E-state index contributed by atoms with van der Waals surface area (Å²) < 4.78 is 50.8. The molecule has 0 aliphatic heterocycles. The second-order valence-corrected chi connectivity index (χ2v) is 10.8. The molecule has 0 aromatic heterocycles. The molecule has 1 N–H and O–H groups in total. The van der Waals surface area contributed by atoms with Gasteiger partial charge in [-0.3, -0.25) is 4.79 Å². The highest BCUT2D eigenvalue weighted by Gasteiger charge is 2.23. The number of carbonyl (C=O) groups is 1. The molecule has 0 fully saturated rings. The van der Waals surface area contributed by atoms with E-state index in [1.807, 2.05) is 0 Å². The normalized spacial score (nSPS) is 12.1. The number of likely N-dealkylation sites (N-methyl/N-ethyl adjacent to an activating group) is 1. The first kappa shape index (κ1) is 21.5. The molecule has 0 aliphatic rings. The average Bonchev–Trinajstić information content (AvgIpc) is 2.62. The number of sulfonamides is 1. The Labute approximate surface area is 167 Å². The van der Waals surface area contributed by atoms with Crippen LogP contribution in [0.25, 0.3) is 0 Å². The van der Waals surface area contributed by atoms with E-state index in [0.717, 1.165) is 8.78 Å². The molecular weight excluding hydrogens is 456 g/mol. The number of rotatable bonds is 8. The number of halogens is 1. The largest absolute Gasteiger partial charge is 0.354 e. The second kappa shape index (κ2) is 8.96. The van der Waals surface area contributed by atoms with E-state index >= 15 is 0 Å². The van der Waals surface area contributed by atoms with E-state index in [4.69, 9.17) is 0 Å². The van der Waals surface area contributed by atoms with Gasteiger partial charge in [-0.2, -0.15) is 4.31 Å². The molecule has 0 bridgehead atoms. The van der Waals surface area contributed by atoms with Gasteiger partial charge in [0.2, 0.25) is 15.9 Å². The molecule has 7 nitrogen and oxygen atoms in total. The van der Waals surface area contributed by atoms with Gasteiger partial charge in [0.25, 0.3) is 0 Å². The van der Waals surface area contributed by atoms with Crippen LogP contribution in [0.4, 0.5) is 0 Å². The van der Waals surface area contributed by atoms with Crippen molar-refractivity contribution in [1.82, 2.24) is 9.62 Å². The Bertz CT molecular complexity index is 991. The van der Waals surface area contributed by atoms with Gasteiger partial charge in [0.1, 0.15) is 0 Å². The maximum Gasteiger partial charge on any atom is 0.243 e. The molecule has 2 rings (SSSR count). The summed E-state index contributed by atoms with van der Waals surface area (Å²) in [5, 5.41) is 2.44. The SMILES string of the molecule is CN(CC(=O)NCCS(=O)(=O)c1ccccc1)S(=O)(=O)c1ccc(Br)cc1. The number of hydrogen-bond donors (Lipinski definition) is 1. The van der Waals surface area contributed by atoms with Crippen LogP contribution < -0.4 is 5.32 Å². The van der Waals surface area contributed by atoms with Gasteiger partial charge in [-0.1, -0.05) is 34.1 Å². The van der Waals surface area contributed by atoms with Crippen LogP contribution in [0.15, 0.2) is 68.9 Å². The lowest BCUT2D eigenvalue weighted by Gasteiger charge is -2.17. The highest BCUT2D eigenvalue weighted by molar-refractivity contribution is 9.10. The smallest absolute Gasteiger partial charge is 0.243 e. The van der Waals surface area contributed by atoms with Gasteiger partial charge in [-0.15, -0.1) is 0 Å². The van der Waals surface area contributed by atoms with Crippen molar-refractivity contribution in [1.29, 1.82) is 0 Å². The Kier molecular flexibility index (Phi) is 7.15. The van der Waals surface area contributed by atoms with Crippen molar-refractivity contribution < 1.29 is 21.6 Å². The summed E-state index contributed by atoms with van der Waals surface area (Å²) in [6.07, 6.45) is 0. The fraction of sp³-hybridized carbons (Fsp3) is 0.235. The van der Waals surface area contributed by atoms with E-state index in [0.29, 0.717) is 0 Å². The first-order chi connectivity index (χ1) is 12.6. The topological polar surface area (TPSA) is 101 Å².